The maximum atomic E-state index is 12.2. The third-order valence-electron chi connectivity index (χ3n) is 0.648. The third-order valence-corrected chi connectivity index (χ3v) is 1.27. The molecule has 0 bridgehead atoms. The van der Waals surface area contributed by atoms with Gasteiger partial charge in [0.15, 0.2) is 0 Å². The predicted molar refractivity (Wildman–Crippen MR) is 42.2 cm³/mol. The van der Waals surface area contributed by atoms with Gasteiger partial charge in [0.1, 0.15) is 0 Å². The first-order valence-electron chi connectivity index (χ1n) is 2.45. The molecule has 0 aliphatic rings. The largest absolute Gasteiger partial charge is 0.384 e. The molecule has 0 heterocycles. The molecule has 9 heteroatoms. The molecule has 0 amide bonds. The van der Waals surface area contributed by atoms with E-state index in [0.29, 0.717) is 0 Å². The first kappa shape index (κ1) is 13.2. The van der Waals surface area contributed by atoms with Crippen LogP contribution in [0.25, 0.3) is 0 Å². The Hall–Kier alpha value is 0.160. The summed E-state index contributed by atoms with van der Waals surface area (Å²) in [4.78, 5) is 20.7. The normalized spacial score (nSPS) is 12.5. The Kier molecular flexibility index (Phi) is 4.18. The molecule has 0 aliphatic heterocycles. The Morgan fingerprint density at radius 1 is 0.923 bits per heavy atom. The van der Waals surface area contributed by atoms with E-state index in [1.807, 2.05) is 0 Å². The molecule has 0 unspecified atom stereocenters. The standard InChI is InChI=1S/C4Cl4F2O3/c5-3(6,9)1(11)13-2(12)4(7,8)10. The van der Waals surface area contributed by atoms with Crippen LogP contribution >= 0.6 is 46.4 Å². The monoisotopic (exact) mass is 274 g/mol. The van der Waals surface area contributed by atoms with Crippen molar-refractivity contribution in [3.8, 4) is 0 Å². The van der Waals surface area contributed by atoms with Crippen molar-refractivity contribution in [2.75, 3.05) is 0 Å². The van der Waals surface area contributed by atoms with Gasteiger partial charge in [-0.1, -0.05) is 46.4 Å². The van der Waals surface area contributed by atoms with Gasteiger partial charge < -0.3 is 4.74 Å². The molecular formula is C4Cl4F2O3. The first-order chi connectivity index (χ1) is 5.55. The summed E-state index contributed by atoms with van der Waals surface area (Å²) in [5.41, 5.74) is 0. The number of alkyl halides is 6. The average Bonchev–Trinajstić information content (AvgIpc) is 1.82. The van der Waals surface area contributed by atoms with E-state index < -0.39 is 21.1 Å². The zero-order valence-corrected chi connectivity index (χ0v) is 8.52. The van der Waals surface area contributed by atoms with E-state index in [2.05, 4.69) is 51.1 Å². The van der Waals surface area contributed by atoms with Crippen LogP contribution in [0.5, 0.6) is 0 Å². The lowest BCUT2D eigenvalue weighted by Crippen LogP contribution is -2.32. The summed E-state index contributed by atoms with van der Waals surface area (Å²) in [5.74, 6) is -4.05. The highest BCUT2D eigenvalue weighted by atomic mass is 35.5. The Bertz CT molecular complexity index is 207. The molecule has 0 aromatic heterocycles. The van der Waals surface area contributed by atoms with Gasteiger partial charge in [-0.25, -0.2) is 9.59 Å². The molecule has 13 heavy (non-hydrogen) atoms. The molecule has 0 rings (SSSR count). The van der Waals surface area contributed by atoms with Crippen LogP contribution in [0.4, 0.5) is 8.78 Å². The molecule has 0 aromatic carbocycles. The van der Waals surface area contributed by atoms with Crippen LogP contribution in [0, 0.1) is 0 Å². The van der Waals surface area contributed by atoms with Gasteiger partial charge in [-0.05, 0) is 0 Å². The highest BCUT2D eigenvalue weighted by Crippen LogP contribution is 2.28. The molecule has 0 aromatic rings. The summed E-state index contributed by atoms with van der Waals surface area (Å²) < 4.78 is 20.9. The third kappa shape index (κ3) is 4.81. The Labute approximate surface area is 90.8 Å². The molecular weight excluding hydrogens is 276 g/mol. The second-order valence-electron chi connectivity index (χ2n) is 1.67. The maximum Gasteiger partial charge on any atom is 0.383 e. The Morgan fingerprint density at radius 2 is 1.15 bits per heavy atom. The van der Waals surface area contributed by atoms with Crippen LogP contribution < -0.4 is 0 Å². The zero-order valence-electron chi connectivity index (χ0n) is 5.49. The lowest BCUT2D eigenvalue weighted by Gasteiger charge is -2.10. The highest BCUT2D eigenvalue weighted by molar-refractivity contribution is 6.58. The molecule has 0 atom stereocenters. The number of carbonyl (C=O) groups is 2. The quantitative estimate of drug-likeness (QED) is 0.441. The van der Waals surface area contributed by atoms with Gasteiger partial charge in [0, 0.05) is 0 Å². The predicted octanol–water partition coefficient (Wildman–Crippen LogP) is 2.26. The Morgan fingerprint density at radius 3 is 1.31 bits per heavy atom. The van der Waals surface area contributed by atoms with Crippen LogP contribution in [0.3, 0.4) is 0 Å². The molecule has 0 spiro atoms. The second kappa shape index (κ2) is 4.13. The topological polar surface area (TPSA) is 43.4 Å². The molecule has 0 saturated carbocycles. The van der Waals surface area contributed by atoms with E-state index in [-0.39, 0.29) is 0 Å². The second-order valence-corrected chi connectivity index (χ2v) is 4.14. The van der Waals surface area contributed by atoms with Crippen molar-refractivity contribution in [1.82, 2.24) is 0 Å². The van der Waals surface area contributed by atoms with E-state index in [9.17, 15) is 18.4 Å². The summed E-state index contributed by atoms with van der Waals surface area (Å²) in [6.07, 6.45) is 0. The van der Waals surface area contributed by atoms with Crippen LogP contribution in [0.2, 0.25) is 0 Å². The lowest BCUT2D eigenvalue weighted by atomic mass is 10.7. The van der Waals surface area contributed by atoms with Gasteiger partial charge in [0.05, 0.1) is 0 Å². The van der Waals surface area contributed by atoms with Gasteiger partial charge in [-0.3, -0.25) is 0 Å². The van der Waals surface area contributed by atoms with Crippen molar-refractivity contribution >= 4 is 58.3 Å². The fourth-order valence-electron chi connectivity index (χ4n) is 0.200. The van der Waals surface area contributed by atoms with Crippen LogP contribution in [0.15, 0.2) is 0 Å². The van der Waals surface area contributed by atoms with Crippen LogP contribution in [-0.2, 0) is 14.3 Å². The molecule has 76 valence electrons. The minimum atomic E-state index is -3.46. The van der Waals surface area contributed by atoms with E-state index in [0.717, 1.165) is 0 Å². The van der Waals surface area contributed by atoms with Crippen molar-refractivity contribution in [3.63, 3.8) is 0 Å². The Balaban J connectivity index is 4.34. The lowest BCUT2D eigenvalue weighted by molar-refractivity contribution is -0.165. The number of halogens is 6. The fourth-order valence-corrected chi connectivity index (χ4v) is 0.354. The van der Waals surface area contributed by atoms with E-state index >= 15 is 0 Å². The smallest absolute Gasteiger partial charge is 0.383 e. The van der Waals surface area contributed by atoms with Crippen molar-refractivity contribution in [1.29, 1.82) is 0 Å². The van der Waals surface area contributed by atoms with Gasteiger partial charge in [-0.15, -0.1) is 0 Å². The summed E-state index contributed by atoms with van der Waals surface area (Å²) in [6.45, 7) is 0. The van der Waals surface area contributed by atoms with Crippen LogP contribution in [-0.4, -0.2) is 21.1 Å². The molecule has 0 N–H and O–H groups in total. The number of rotatable bonds is 2. The van der Waals surface area contributed by atoms with Gasteiger partial charge in [0.25, 0.3) is 0 Å². The summed E-state index contributed by atoms with van der Waals surface area (Å²) in [5, 5.41) is 0. The van der Waals surface area contributed by atoms with Gasteiger partial charge in [-0.2, -0.15) is 8.78 Å². The number of hydrogen-bond acceptors (Lipinski definition) is 3. The van der Waals surface area contributed by atoms with E-state index in [1.54, 1.807) is 0 Å². The fraction of sp³-hybridized carbons (Fsp3) is 0.500. The highest BCUT2D eigenvalue weighted by Gasteiger charge is 2.43. The minimum absolute atomic E-state index is 2.02. The van der Waals surface area contributed by atoms with Crippen molar-refractivity contribution < 1.29 is 23.1 Å². The molecule has 0 saturated heterocycles. The summed E-state index contributed by atoms with van der Waals surface area (Å²) in [6, 6.07) is 0. The SMILES string of the molecule is O=C(OC(=O)C(F)(Cl)Cl)C(F)(Cl)Cl. The number of carbonyl (C=O) groups excluding carboxylic acids is 2. The number of hydrogen-bond donors (Lipinski definition) is 0. The van der Waals surface area contributed by atoms with Gasteiger partial charge >= 0.3 is 21.1 Å². The summed E-state index contributed by atoms with van der Waals surface area (Å²) >= 11 is 18.2. The van der Waals surface area contributed by atoms with Crippen molar-refractivity contribution in [3.05, 3.63) is 0 Å². The zero-order chi connectivity index (χ0) is 10.9. The number of esters is 2. The van der Waals surface area contributed by atoms with Gasteiger partial charge in [0.2, 0.25) is 0 Å². The maximum absolute atomic E-state index is 12.2. The molecule has 0 fully saturated rings. The molecule has 0 aliphatic carbocycles. The van der Waals surface area contributed by atoms with E-state index in [4.69, 9.17) is 0 Å². The average molecular weight is 276 g/mol. The molecule has 3 nitrogen and oxygen atoms in total. The van der Waals surface area contributed by atoms with Crippen LogP contribution in [0.1, 0.15) is 0 Å². The van der Waals surface area contributed by atoms with Crippen molar-refractivity contribution in [2.45, 2.75) is 9.17 Å². The first-order valence-corrected chi connectivity index (χ1v) is 3.96. The summed E-state index contributed by atoms with van der Waals surface area (Å²) in [7, 11) is 0. The molecule has 0 radical (unpaired) electrons. The van der Waals surface area contributed by atoms with Crippen molar-refractivity contribution in [2.24, 2.45) is 0 Å². The number of ether oxygens (including phenoxy) is 1. The van der Waals surface area contributed by atoms with E-state index in [1.165, 1.54) is 0 Å². The minimum Gasteiger partial charge on any atom is -0.384 e.